The van der Waals surface area contributed by atoms with Gasteiger partial charge in [-0.2, -0.15) is 5.10 Å². The van der Waals surface area contributed by atoms with Gasteiger partial charge in [0.25, 0.3) is 0 Å². The Labute approximate surface area is 86.6 Å². The Balaban J connectivity index is 2.79. The molecule has 5 nitrogen and oxygen atoms in total. The molecule has 1 aromatic heterocycles. The second kappa shape index (κ2) is 4.45. The van der Waals surface area contributed by atoms with Gasteiger partial charge in [0.1, 0.15) is 6.20 Å². The van der Waals surface area contributed by atoms with Crippen molar-refractivity contribution < 1.29 is 4.92 Å². The summed E-state index contributed by atoms with van der Waals surface area (Å²) >= 11 is 1.43. The van der Waals surface area contributed by atoms with E-state index in [1.54, 1.807) is 7.05 Å². The molecule has 14 heavy (non-hydrogen) atoms. The lowest BCUT2D eigenvalue weighted by Gasteiger charge is -2.00. The Bertz CT molecular complexity index is 335. The van der Waals surface area contributed by atoms with Crippen LogP contribution in [0.25, 0.3) is 0 Å². The number of hydrogen-bond donors (Lipinski definition) is 0. The van der Waals surface area contributed by atoms with E-state index in [0.29, 0.717) is 10.9 Å². The first-order valence-corrected chi connectivity index (χ1v) is 5.30. The number of aryl methyl sites for hydroxylation is 1. The summed E-state index contributed by atoms with van der Waals surface area (Å²) in [5.74, 6) is 1.35. The highest BCUT2D eigenvalue weighted by Gasteiger charge is 2.18. The topological polar surface area (TPSA) is 61.0 Å². The molecule has 0 amide bonds. The van der Waals surface area contributed by atoms with Gasteiger partial charge in [-0.05, 0) is 5.92 Å². The maximum absolute atomic E-state index is 10.6. The van der Waals surface area contributed by atoms with Crippen molar-refractivity contribution in [2.45, 2.75) is 18.9 Å². The van der Waals surface area contributed by atoms with Gasteiger partial charge < -0.3 is 0 Å². The fourth-order valence-corrected chi connectivity index (χ4v) is 1.88. The van der Waals surface area contributed by atoms with Crippen LogP contribution in [0.15, 0.2) is 11.2 Å². The summed E-state index contributed by atoms with van der Waals surface area (Å²) in [7, 11) is 1.69. The van der Waals surface area contributed by atoms with Crippen LogP contribution in [0.3, 0.4) is 0 Å². The van der Waals surface area contributed by atoms with Gasteiger partial charge in [0.2, 0.25) is 0 Å². The van der Waals surface area contributed by atoms with E-state index in [-0.39, 0.29) is 5.69 Å². The zero-order valence-corrected chi connectivity index (χ0v) is 9.24. The Morgan fingerprint density at radius 3 is 2.86 bits per heavy atom. The van der Waals surface area contributed by atoms with Crippen molar-refractivity contribution in [3.8, 4) is 0 Å². The number of thioether (sulfide) groups is 1. The molecule has 0 N–H and O–H groups in total. The van der Waals surface area contributed by atoms with E-state index in [9.17, 15) is 10.1 Å². The van der Waals surface area contributed by atoms with Crippen LogP contribution >= 0.6 is 11.8 Å². The molecule has 0 aliphatic heterocycles. The Morgan fingerprint density at radius 2 is 2.36 bits per heavy atom. The summed E-state index contributed by atoms with van der Waals surface area (Å²) in [5.41, 5.74) is 0.0955. The van der Waals surface area contributed by atoms with E-state index in [4.69, 9.17) is 0 Å². The van der Waals surface area contributed by atoms with E-state index in [1.165, 1.54) is 22.6 Å². The number of hydrogen-bond acceptors (Lipinski definition) is 4. The van der Waals surface area contributed by atoms with Gasteiger partial charge >= 0.3 is 5.69 Å². The van der Waals surface area contributed by atoms with Gasteiger partial charge in [0, 0.05) is 12.8 Å². The Kier molecular flexibility index (Phi) is 3.51. The predicted octanol–water partition coefficient (Wildman–Crippen LogP) is 2.08. The molecule has 0 saturated heterocycles. The van der Waals surface area contributed by atoms with Crippen molar-refractivity contribution in [3.05, 3.63) is 16.3 Å². The number of rotatable bonds is 4. The molecule has 0 aromatic carbocycles. The van der Waals surface area contributed by atoms with Crippen LogP contribution in [0.2, 0.25) is 0 Å². The third kappa shape index (κ3) is 2.73. The quantitative estimate of drug-likeness (QED) is 0.438. The minimum atomic E-state index is -0.393. The Morgan fingerprint density at radius 1 is 1.71 bits per heavy atom. The highest BCUT2D eigenvalue weighted by atomic mass is 32.2. The van der Waals surface area contributed by atoms with E-state index in [1.807, 2.05) is 0 Å². The van der Waals surface area contributed by atoms with Crippen LogP contribution in [0, 0.1) is 16.0 Å². The molecule has 0 saturated carbocycles. The molecule has 0 aliphatic rings. The molecule has 0 bridgehead atoms. The molecule has 0 radical (unpaired) electrons. The summed E-state index contributed by atoms with van der Waals surface area (Å²) in [6.45, 7) is 4.14. The molecule has 0 atom stereocenters. The van der Waals surface area contributed by atoms with Gasteiger partial charge in [0.05, 0.1) is 4.92 Å². The molecule has 0 unspecified atom stereocenters. The minimum absolute atomic E-state index is 0.0955. The lowest BCUT2D eigenvalue weighted by molar-refractivity contribution is -0.387. The van der Waals surface area contributed by atoms with E-state index >= 15 is 0 Å². The number of nitro groups is 1. The van der Waals surface area contributed by atoms with Crippen LogP contribution < -0.4 is 0 Å². The fourth-order valence-electron chi connectivity index (χ4n) is 0.929. The third-order valence-electron chi connectivity index (χ3n) is 1.53. The molecule has 0 aliphatic carbocycles. The molecule has 6 heteroatoms. The predicted molar refractivity (Wildman–Crippen MR) is 55.4 cm³/mol. The molecule has 78 valence electrons. The lowest BCUT2D eigenvalue weighted by atomic mass is 10.3. The largest absolute Gasteiger partial charge is 0.320 e. The van der Waals surface area contributed by atoms with E-state index < -0.39 is 4.92 Å². The van der Waals surface area contributed by atoms with E-state index in [2.05, 4.69) is 18.9 Å². The smallest absolute Gasteiger partial charge is 0.267 e. The van der Waals surface area contributed by atoms with Crippen LogP contribution in [-0.2, 0) is 7.05 Å². The molecule has 1 aromatic rings. The summed E-state index contributed by atoms with van der Waals surface area (Å²) in [4.78, 5) is 10.2. The molecular formula is C8H13N3O2S. The van der Waals surface area contributed by atoms with Gasteiger partial charge in [-0.15, -0.1) is 0 Å². The maximum Gasteiger partial charge on any atom is 0.320 e. The second-order valence-corrected chi connectivity index (χ2v) is 4.46. The molecular weight excluding hydrogens is 202 g/mol. The van der Waals surface area contributed by atoms with Crippen LogP contribution in [0.4, 0.5) is 5.69 Å². The third-order valence-corrected chi connectivity index (χ3v) is 2.92. The van der Waals surface area contributed by atoms with Crippen molar-refractivity contribution in [2.75, 3.05) is 5.75 Å². The molecule has 1 heterocycles. The lowest BCUT2D eigenvalue weighted by Crippen LogP contribution is -1.93. The van der Waals surface area contributed by atoms with Crippen LogP contribution in [-0.4, -0.2) is 20.5 Å². The van der Waals surface area contributed by atoms with Crippen molar-refractivity contribution >= 4 is 17.4 Å². The van der Waals surface area contributed by atoms with Crippen molar-refractivity contribution in [1.29, 1.82) is 0 Å². The monoisotopic (exact) mass is 215 g/mol. The van der Waals surface area contributed by atoms with Crippen molar-refractivity contribution in [2.24, 2.45) is 13.0 Å². The first-order chi connectivity index (χ1) is 6.50. The molecule has 1 rings (SSSR count). The highest BCUT2D eigenvalue weighted by molar-refractivity contribution is 7.99. The van der Waals surface area contributed by atoms with Gasteiger partial charge in [0.15, 0.2) is 5.03 Å². The van der Waals surface area contributed by atoms with Gasteiger partial charge in [-0.3, -0.25) is 14.8 Å². The zero-order valence-electron chi connectivity index (χ0n) is 8.43. The zero-order chi connectivity index (χ0) is 10.7. The first-order valence-electron chi connectivity index (χ1n) is 4.31. The minimum Gasteiger partial charge on any atom is -0.267 e. The van der Waals surface area contributed by atoms with Crippen molar-refractivity contribution in [3.63, 3.8) is 0 Å². The van der Waals surface area contributed by atoms with Crippen LogP contribution in [0.1, 0.15) is 13.8 Å². The summed E-state index contributed by atoms with van der Waals surface area (Å²) in [6, 6.07) is 0. The fraction of sp³-hybridized carbons (Fsp3) is 0.625. The maximum atomic E-state index is 10.6. The SMILES string of the molecule is CC(C)CSc1nn(C)cc1[N+](=O)[O-]. The highest BCUT2D eigenvalue weighted by Crippen LogP contribution is 2.28. The average Bonchev–Trinajstić information content (AvgIpc) is 2.43. The standard InChI is InChI=1S/C8H13N3O2S/c1-6(2)5-14-8-7(11(12)13)4-10(3)9-8/h4,6H,5H2,1-3H3. The first kappa shape index (κ1) is 11.0. The van der Waals surface area contributed by atoms with Gasteiger partial charge in [-0.25, -0.2) is 0 Å². The molecule has 0 spiro atoms. The molecule has 0 fully saturated rings. The van der Waals surface area contributed by atoms with Crippen molar-refractivity contribution in [1.82, 2.24) is 9.78 Å². The van der Waals surface area contributed by atoms with Crippen LogP contribution in [0.5, 0.6) is 0 Å². The summed E-state index contributed by atoms with van der Waals surface area (Å²) < 4.78 is 1.47. The Hall–Kier alpha value is -1.04. The average molecular weight is 215 g/mol. The summed E-state index contributed by atoms with van der Waals surface area (Å²) in [5, 5.41) is 15.2. The number of nitrogens with zero attached hydrogens (tertiary/aromatic N) is 3. The normalized spacial score (nSPS) is 10.9. The van der Waals surface area contributed by atoms with E-state index in [0.717, 1.165) is 5.75 Å². The van der Waals surface area contributed by atoms with Gasteiger partial charge in [-0.1, -0.05) is 25.6 Å². The second-order valence-electron chi connectivity index (χ2n) is 3.46. The summed E-state index contributed by atoms with van der Waals surface area (Å²) in [6.07, 6.45) is 1.43. The number of aromatic nitrogens is 2.